The summed E-state index contributed by atoms with van der Waals surface area (Å²) in [6.07, 6.45) is 1.75. The molecule has 106 valence electrons. The Labute approximate surface area is 116 Å². The van der Waals surface area contributed by atoms with Crippen LogP contribution in [0.2, 0.25) is 0 Å². The van der Waals surface area contributed by atoms with Crippen molar-refractivity contribution in [2.45, 2.75) is 52.6 Å². The van der Waals surface area contributed by atoms with Crippen molar-refractivity contribution in [3.05, 3.63) is 35.9 Å². The zero-order valence-corrected chi connectivity index (χ0v) is 12.4. The van der Waals surface area contributed by atoms with E-state index in [0.717, 1.165) is 12.8 Å². The van der Waals surface area contributed by atoms with Crippen LogP contribution in [0, 0.1) is 5.41 Å². The van der Waals surface area contributed by atoms with Crippen molar-refractivity contribution in [3.63, 3.8) is 0 Å². The normalized spacial score (nSPS) is 14.8. The highest BCUT2D eigenvalue weighted by Gasteiger charge is 2.28. The molecule has 0 aliphatic heterocycles. The second kappa shape index (κ2) is 6.71. The largest absolute Gasteiger partial charge is 0.352 e. The number of nitrogens with two attached hydrogens (primary N) is 1. The summed E-state index contributed by atoms with van der Waals surface area (Å²) in [5.41, 5.74) is 7.00. The van der Waals surface area contributed by atoms with Crippen molar-refractivity contribution in [3.8, 4) is 0 Å². The molecular weight excluding hydrogens is 236 g/mol. The van der Waals surface area contributed by atoms with E-state index in [0.29, 0.717) is 0 Å². The van der Waals surface area contributed by atoms with Crippen molar-refractivity contribution < 1.29 is 4.79 Å². The lowest BCUT2D eigenvalue weighted by Gasteiger charge is -2.28. The summed E-state index contributed by atoms with van der Waals surface area (Å²) in [4.78, 5) is 12.1. The molecule has 0 radical (unpaired) electrons. The van der Waals surface area contributed by atoms with Gasteiger partial charge in [-0.2, -0.15) is 0 Å². The van der Waals surface area contributed by atoms with Gasteiger partial charge in [0, 0.05) is 6.04 Å². The number of benzene rings is 1. The van der Waals surface area contributed by atoms with Crippen LogP contribution in [0.15, 0.2) is 30.3 Å². The predicted molar refractivity (Wildman–Crippen MR) is 79.8 cm³/mol. The molecule has 1 unspecified atom stereocenters. The van der Waals surface area contributed by atoms with Gasteiger partial charge in [0.25, 0.3) is 0 Å². The molecule has 0 bridgehead atoms. The fourth-order valence-corrected chi connectivity index (χ4v) is 1.88. The lowest BCUT2D eigenvalue weighted by Crippen LogP contribution is -2.51. The Bertz CT molecular complexity index is 395. The summed E-state index contributed by atoms with van der Waals surface area (Å²) in [5.74, 6) is -0.0599. The van der Waals surface area contributed by atoms with Crippen LogP contribution in [0.25, 0.3) is 0 Å². The van der Waals surface area contributed by atoms with Gasteiger partial charge in [-0.3, -0.25) is 4.79 Å². The number of hydrogen-bond acceptors (Lipinski definition) is 2. The maximum atomic E-state index is 12.1. The van der Waals surface area contributed by atoms with Gasteiger partial charge in [-0.25, -0.2) is 0 Å². The van der Waals surface area contributed by atoms with Gasteiger partial charge in [0.2, 0.25) is 5.91 Å². The monoisotopic (exact) mass is 262 g/mol. The molecule has 0 saturated carbocycles. The summed E-state index contributed by atoms with van der Waals surface area (Å²) in [7, 11) is 0. The Morgan fingerprint density at radius 1 is 1.26 bits per heavy atom. The number of amides is 1. The molecule has 3 nitrogen and oxygen atoms in total. The van der Waals surface area contributed by atoms with Gasteiger partial charge < -0.3 is 11.1 Å². The van der Waals surface area contributed by atoms with Crippen LogP contribution < -0.4 is 11.1 Å². The van der Waals surface area contributed by atoms with E-state index in [9.17, 15) is 4.79 Å². The van der Waals surface area contributed by atoms with Gasteiger partial charge in [0.05, 0.1) is 6.04 Å². The SMILES string of the molecule is CCC(Cc1ccccc1)NC(=O)[C@@H](N)C(C)(C)C. The van der Waals surface area contributed by atoms with Crippen molar-refractivity contribution >= 4 is 5.91 Å². The average molecular weight is 262 g/mol. The first-order valence-electron chi connectivity index (χ1n) is 6.94. The van der Waals surface area contributed by atoms with Crippen molar-refractivity contribution in [1.29, 1.82) is 0 Å². The number of rotatable bonds is 5. The summed E-state index contributed by atoms with van der Waals surface area (Å²) >= 11 is 0. The van der Waals surface area contributed by atoms with E-state index in [1.54, 1.807) is 0 Å². The number of nitrogens with one attached hydrogen (secondary N) is 1. The number of carbonyl (C=O) groups excluding carboxylic acids is 1. The van der Waals surface area contributed by atoms with Crippen LogP contribution in [-0.4, -0.2) is 18.0 Å². The summed E-state index contributed by atoms with van der Waals surface area (Å²) < 4.78 is 0. The fourth-order valence-electron chi connectivity index (χ4n) is 1.88. The van der Waals surface area contributed by atoms with Crippen LogP contribution in [0.3, 0.4) is 0 Å². The van der Waals surface area contributed by atoms with Crippen LogP contribution in [0.4, 0.5) is 0 Å². The van der Waals surface area contributed by atoms with E-state index in [1.165, 1.54) is 5.56 Å². The molecule has 0 spiro atoms. The highest BCUT2D eigenvalue weighted by molar-refractivity contribution is 5.82. The maximum Gasteiger partial charge on any atom is 0.237 e. The first kappa shape index (κ1) is 15.7. The Morgan fingerprint density at radius 3 is 2.32 bits per heavy atom. The maximum absolute atomic E-state index is 12.1. The smallest absolute Gasteiger partial charge is 0.237 e. The average Bonchev–Trinajstić information content (AvgIpc) is 2.37. The summed E-state index contributed by atoms with van der Waals surface area (Å²) in [6, 6.07) is 9.87. The van der Waals surface area contributed by atoms with Crippen LogP contribution >= 0.6 is 0 Å². The summed E-state index contributed by atoms with van der Waals surface area (Å²) in [6.45, 7) is 8.02. The Balaban J connectivity index is 2.60. The molecule has 1 rings (SSSR count). The van der Waals surface area contributed by atoms with Gasteiger partial charge in [-0.05, 0) is 23.8 Å². The predicted octanol–water partition coefficient (Wildman–Crippen LogP) is 2.50. The van der Waals surface area contributed by atoms with Gasteiger partial charge in [0.1, 0.15) is 0 Å². The summed E-state index contributed by atoms with van der Waals surface area (Å²) in [5, 5.41) is 3.06. The highest BCUT2D eigenvalue weighted by atomic mass is 16.2. The molecule has 0 heterocycles. The van der Waals surface area contributed by atoms with E-state index in [-0.39, 0.29) is 17.4 Å². The van der Waals surface area contributed by atoms with Crippen LogP contribution in [0.5, 0.6) is 0 Å². The minimum absolute atomic E-state index is 0.0599. The van der Waals surface area contributed by atoms with E-state index < -0.39 is 6.04 Å². The van der Waals surface area contributed by atoms with Crippen molar-refractivity contribution in [2.24, 2.45) is 11.1 Å². The standard InChI is InChI=1S/C16H26N2O/c1-5-13(11-12-9-7-6-8-10-12)18-15(19)14(17)16(2,3)4/h6-10,13-14H,5,11,17H2,1-4H3,(H,18,19)/t13?,14-/m1/s1. The minimum Gasteiger partial charge on any atom is -0.352 e. The zero-order chi connectivity index (χ0) is 14.5. The van der Waals surface area contributed by atoms with Crippen LogP contribution in [-0.2, 0) is 11.2 Å². The van der Waals surface area contributed by atoms with Gasteiger partial charge in [-0.15, -0.1) is 0 Å². The van der Waals surface area contributed by atoms with Gasteiger partial charge in [0.15, 0.2) is 0 Å². The quantitative estimate of drug-likeness (QED) is 0.856. The molecule has 0 fully saturated rings. The second-order valence-electron chi connectivity index (χ2n) is 6.15. The van der Waals surface area contributed by atoms with E-state index >= 15 is 0 Å². The van der Waals surface area contributed by atoms with Crippen LogP contribution in [0.1, 0.15) is 39.7 Å². The molecule has 3 heteroatoms. The minimum atomic E-state index is -0.475. The molecule has 0 aliphatic carbocycles. The third-order valence-corrected chi connectivity index (χ3v) is 3.38. The molecule has 19 heavy (non-hydrogen) atoms. The Hall–Kier alpha value is -1.35. The second-order valence-corrected chi connectivity index (χ2v) is 6.15. The third kappa shape index (κ3) is 5.03. The topological polar surface area (TPSA) is 55.1 Å². The van der Waals surface area contributed by atoms with Gasteiger partial charge >= 0.3 is 0 Å². The fraction of sp³-hybridized carbons (Fsp3) is 0.562. The van der Waals surface area contributed by atoms with E-state index in [4.69, 9.17) is 5.73 Å². The number of hydrogen-bond donors (Lipinski definition) is 2. The van der Waals surface area contributed by atoms with E-state index in [2.05, 4.69) is 24.4 Å². The molecule has 3 N–H and O–H groups in total. The van der Waals surface area contributed by atoms with Crippen molar-refractivity contribution in [2.75, 3.05) is 0 Å². The van der Waals surface area contributed by atoms with Crippen molar-refractivity contribution in [1.82, 2.24) is 5.32 Å². The Kier molecular flexibility index (Phi) is 5.55. The molecular formula is C16H26N2O. The molecule has 1 aromatic rings. The van der Waals surface area contributed by atoms with Gasteiger partial charge in [-0.1, -0.05) is 58.0 Å². The highest BCUT2D eigenvalue weighted by Crippen LogP contribution is 2.17. The molecule has 0 aromatic heterocycles. The lowest BCUT2D eigenvalue weighted by molar-refractivity contribution is -0.125. The zero-order valence-electron chi connectivity index (χ0n) is 12.4. The first-order chi connectivity index (χ1) is 8.84. The third-order valence-electron chi connectivity index (χ3n) is 3.38. The first-order valence-corrected chi connectivity index (χ1v) is 6.94. The molecule has 0 saturated heterocycles. The molecule has 0 aliphatic rings. The van der Waals surface area contributed by atoms with E-state index in [1.807, 2.05) is 39.0 Å². The molecule has 2 atom stereocenters. The molecule has 1 aromatic carbocycles. The Morgan fingerprint density at radius 2 is 1.84 bits per heavy atom. The molecule has 1 amide bonds. The lowest BCUT2D eigenvalue weighted by atomic mass is 9.86. The number of carbonyl (C=O) groups is 1.